The average molecular weight is 346 g/mol. The molecule has 0 aliphatic carbocycles. The van der Waals surface area contributed by atoms with Crippen LogP contribution in [0.2, 0.25) is 0 Å². The van der Waals surface area contributed by atoms with Crippen molar-refractivity contribution in [3.8, 4) is 0 Å². The van der Waals surface area contributed by atoms with Gasteiger partial charge in [-0.15, -0.1) is 0 Å². The Bertz CT molecular complexity index is 653. The molecule has 7 heteroatoms. The molecule has 0 aromatic carbocycles. The van der Waals surface area contributed by atoms with E-state index in [0.29, 0.717) is 18.7 Å². The van der Waals surface area contributed by atoms with Crippen molar-refractivity contribution < 1.29 is 14.4 Å². The number of aliphatic hydroxyl groups excluding tert-OH is 1. The van der Waals surface area contributed by atoms with Gasteiger partial charge < -0.3 is 20.3 Å². The van der Waals surface area contributed by atoms with Crippen LogP contribution in [0.1, 0.15) is 42.1 Å². The minimum atomic E-state index is -0.272. The molecule has 2 rings (SSSR count). The van der Waals surface area contributed by atoms with Crippen molar-refractivity contribution in [3.05, 3.63) is 47.1 Å². The molecule has 0 spiro atoms. The normalized spacial score (nSPS) is 13.3. The zero-order valence-electron chi connectivity index (χ0n) is 15.0. The van der Waals surface area contributed by atoms with Gasteiger partial charge in [0.1, 0.15) is 5.76 Å². The predicted molar refractivity (Wildman–Crippen MR) is 94.1 cm³/mol. The van der Waals surface area contributed by atoms with Gasteiger partial charge in [0.15, 0.2) is 0 Å². The van der Waals surface area contributed by atoms with Crippen molar-refractivity contribution in [2.24, 2.45) is 5.92 Å². The van der Waals surface area contributed by atoms with E-state index in [4.69, 9.17) is 4.52 Å². The van der Waals surface area contributed by atoms with Crippen LogP contribution in [0.25, 0.3) is 0 Å². The van der Waals surface area contributed by atoms with Crippen molar-refractivity contribution in [2.75, 3.05) is 13.2 Å². The number of aliphatic hydroxyl groups is 1. The second kappa shape index (κ2) is 9.17. The van der Waals surface area contributed by atoms with E-state index in [1.54, 1.807) is 6.20 Å². The molecule has 25 heavy (non-hydrogen) atoms. The Hall–Kier alpha value is -2.41. The molecular weight excluding hydrogens is 320 g/mol. The highest BCUT2D eigenvalue weighted by molar-refractivity contribution is 5.74. The van der Waals surface area contributed by atoms with Gasteiger partial charge in [0.2, 0.25) is 0 Å². The summed E-state index contributed by atoms with van der Waals surface area (Å²) < 4.78 is 5.18. The number of urea groups is 1. The first-order valence-electron chi connectivity index (χ1n) is 8.53. The number of nitrogens with one attached hydrogen (secondary N) is 2. The standard InChI is InChI=1S/C18H26N4O3/c1-4-16(17-12(2)22-25-13(17)3)21-18(24)20-10-14(11-23)9-15-7-5-6-8-19-15/h5-8,14,16,23H,4,9-11H2,1-3H3,(H2,20,21,24). The first-order valence-corrected chi connectivity index (χ1v) is 8.53. The van der Waals surface area contributed by atoms with Crippen LogP contribution in [0.4, 0.5) is 4.79 Å². The summed E-state index contributed by atoms with van der Waals surface area (Å²) in [4.78, 5) is 16.5. The fourth-order valence-corrected chi connectivity index (χ4v) is 2.83. The number of hydrogen-bond donors (Lipinski definition) is 3. The van der Waals surface area contributed by atoms with E-state index in [1.807, 2.05) is 39.0 Å². The SMILES string of the molecule is CCC(NC(=O)NCC(CO)Cc1ccccn1)c1c(C)noc1C. The van der Waals surface area contributed by atoms with Gasteiger partial charge >= 0.3 is 6.03 Å². The molecule has 7 nitrogen and oxygen atoms in total. The maximum atomic E-state index is 12.2. The van der Waals surface area contributed by atoms with Crippen LogP contribution < -0.4 is 10.6 Å². The molecule has 2 atom stereocenters. The van der Waals surface area contributed by atoms with E-state index in [9.17, 15) is 9.90 Å². The zero-order chi connectivity index (χ0) is 18.2. The highest BCUT2D eigenvalue weighted by Gasteiger charge is 2.21. The third kappa shape index (κ3) is 5.29. The quantitative estimate of drug-likeness (QED) is 0.681. The van der Waals surface area contributed by atoms with Crippen molar-refractivity contribution in [2.45, 2.75) is 39.7 Å². The van der Waals surface area contributed by atoms with E-state index in [-0.39, 0.29) is 24.6 Å². The van der Waals surface area contributed by atoms with E-state index < -0.39 is 0 Å². The van der Waals surface area contributed by atoms with Crippen molar-refractivity contribution in [1.29, 1.82) is 0 Å². The maximum Gasteiger partial charge on any atom is 0.315 e. The molecule has 0 fully saturated rings. The molecule has 0 radical (unpaired) electrons. The summed E-state index contributed by atoms with van der Waals surface area (Å²) in [6.07, 6.45) is 3.06. The van der Waals surface area contributed by atoms with Crippen LogP contribution in [0, 0.1) is 19.8 Å². The minimum Gasteiger partial charge on any atom is -0.396 e. The first-order chi connectivity index (χ1) is 12.0. The molecule has 2 unspecified atom stereocenters. The maximum absolute atomic E-state index is 12.2. The third-order valence-corrected chi connectivity index (χ3v) is 4.18. The molecular formula is C18H26N4O3. The number of carbonyl (C=O) groups is 1. The minimum absolute atomic E-state index is 0.0159. The third-order valence-electron chi connectivity index (χ3n) is 4.18. The van der Waals surface area contributed by atoms with Gasteiger partial charge in [0.25, 0.3) is 0 Å². The van der Waals surface area contributed by atoms with Crippen LogP contribution in [-0.4, -0.2) is 34.4 Å². The monoisotopic (exact) mass is 346 g/mol. The molecule has 2 aromatic rings. The summed E-state index contributed by atoms with van der Waals surface area (Å²) in [5.74, 6) is 0.632. The number of hydrogen-bond acceptors (Lipinski definition) is 5. The molecule has 2 heterocycles. The van der Waals surface area contributed by atoms with Crippen LogP contribution in [0.3, 0.4) is 0 Å². The van der Waals surface area contributed by atoms with E-state index in [2.05, 4.69) is 20.8 Å². The van der Waals surface area contributed by atoms with Crippen LogP contribution in [-0.2, 0) is 6.42 Å². The number of aromatic nitrogens is 2. The lowest BCUT2D eigenvalue weighted by atomic mass is 10.0. The van der Waals surface area contributed by atoms with E-state index in [1.165, 1.54) is 0 Å². The van der Waals surface area contributed by atoms with Crippen molar-refractivity contribution >= 4 is 6.03 Å². The molecule has 2 aromatic heterocycles. The van der Waals surface area contributed by atoms with Gasteiger partial charge in [-0.1, -0.05) is 18.1 Å². The van der Waals surface area contributed by atoms with Gasteiger partial charge in [-0.25, -0.2) is 4.79 Å². The molecule has 136 valence electrons. The summed E-state index contributed by atoms with van der Waals surface area (Å²) in [6, 6.07) is 5.24. The summed E-state index contributed by atoms with van der Waals surface area (Å²) in [6.45, 7) is 6.05. The van der Waals surface area contributed by atoms with Gasteiger partial charge in [-0.05, 0) is 38.8 Å². The molecule has 3 N–H and O–H groups in total. The number of aryl methyl sites for hydroxylation is 2. The fourth-order valence-electron chi connectivity index (χ4n) is 2.83. The Balaban J connectivity index is 1.88. The van der Waals surface area contributed by atoms with Crippen LogP contribution in [0.15, 0.2) is 28.9 Å². The number of amides is 2. The Morgan fingerprint density at radius 1 is 1.36 bits per heavy atom. The lowest BCUT2D eigenvalue weighted by molar-refractivity contribution is 0.212. The van der Waals surface area contributed by atoms with Gasteiger partial charge in [-0.2, -0.15) is 0 Å². The molecule has 2 amide bonds. The molecule has 0 aliphatic heterocycles. The summed E-state index contributed by atoms with van der Waals surface area (Å²) >= 11 is 0. The zero-order valence-corrected chi connectivity index (χ0v) is 15.0. The topological polar surface area (TPSA) is 100 Å². The average Bonchev–Trinajstić information content (AvgIpc) is 2.96. The fraction of sp³-hybridized carbons (Fsp3) is 0.500. The molecule has 0 saturated heterocycles. The Kier molecular flexibility index (Phi) is 6.94. The second-order valence-electron chi connectivity index (χ2n) is 6.13. The summed E-state index contributed by atoms with van der Waals surface area (Å²) in [7, 11) is 0. The smallest absolute Gasteiger partial charge is 0.315 e. The lowest BCUT2D eigenvalue weighted by Crippen LogP contribution is -2.41. The number of nitrogens with zero attached hydrogens (tertiary/aromatic N) is 2. The van der Waals surface area contributed by atoms with Gasteiger partial charge in [0, 0.05) is 36.5 Å². The number of rotatable bonds is 8. The summed E-state index contributed by atoms with van der Waals surface area (Å²) in [5.41, 5.74) is 2.60. The highest BCUT2D eigenvalue weighted by atomic mass is 16.5. The van der Waals surface area contributed by atoms with Crippen molar-refractivity contribution in [3.63, 3.8) is 0 Å². The Morgan fingerprint density at radius 3 is 2.72 bits per heavy atom. The van der Waals surface area contributed by atoms with Crippen LogP contribution >= 0.6 is 0 Å². The molecule has 0 saturated carbocycles. The molecule has 0 bridgehead atoms. The van der Waals surface area contributed by atoms with E-state index in [0.717, 1.165) is 23.4 Å². The Morgan fingerprint density at radius 2 is 2.16 bits per heavy atom. The lowest BCUT2D eigenvalue weighted by Gasteiger charge is -2.19. The van der Waals surface area contributed by atoms with Crippen LogP contribution in [0.5, 0.6) is 0 Å². The Labute approximate surface area is 147 Å². The van der Waals surface area contributed by atoms with E-state index >= 15 is 0 Å². The largest absolute Gasteiger partial charge is 0.396 e. The van der Waals surface area contributed by atoms with Crippen molar-refractivity contribution in [1.82, 2.24) is 20.8 Å². The molecule has 0 aliphatic rings. The predicted octanol–water partition coefficient (Wildman–Crippen LogP) is 2.29. The summed E-state index contributed by atoms with van der Waals surface area (Å²) in [5, 5.41) is 19.2. The van der Waals surface area contributed by atoms with Gasteiger partial charge in [-0.3, -0.25) is 4.98 Å². The second-order valence-corrected chi connectivity index (χ2v) is 6.13. The van der Waals surface area contributed by atoms with Gasteiger partial charge in [0.05, 0.1) is 11.7 Å². The number of pyridine rings is 1. The highest BCUT2D eigenvalue weighted by Crippen LogP contribution is 2.23. The number of carbonyl (C=O) groups excluding carboxylic acids is 1. The first kappa shape index (κ1) is 18.9.